The summed E-state index contributed by atoms with van der Waals surface area (Å²) in [5.41, 5.74) is 1.46. The van der Waals surface area contributed by atoms with Crippen molar-refractivity contribution in [2.75, 3.05) is 25.7 Å². The molecular weight excluding hydrogens is 436 g/mol. The van der Waals surface area contributed by atoms with Crippen LogP contribution in [0.1, 0.15) is 11.1 Å². The molecule has 1 unspecified atom stereocenters. The monoisotopic (exact) mass is 460 g/mol. The van der Waals surface area contributed by atoms with E-state index in [1.807, 2.05) is 30.3 Å². The summed E-state index contributed by atoms with van der Waals surface area (Å²) in [6.45, 7) is -0.0708. The van der Waals surface area contributed by atoms with Crippen molar-refractivity contribution < 1.29 is 22.7 Å². The first-order chi connectivity index (χ1) is 14.8. The molecule has 1 saturated heterocycles. The smallest absolute Gasteiger partial charge is 0.330 e. The number of benzene rings is 2. The molecule has 1 atom stereocenters. The molecule has 0 N–H and O–H groups in total. The van der Waals surface area contributed by atoms with E-state index in [1.165, 1.54) is 49.0 Å². The normalized spacial score (nSPS) is 16.7. The lowest BCUT2D eigenvalue weighted by atomic mass is 10.2. The van der Waals surface area contributed by atoms with Crippen molar-refractivity contribution in [2.45, 2.75) is 17.5 Å². The van der Waals surface area contributed by atoms with Gasteiger partial charge in [0.25, 0.3) is 0 Å². The number of carbonyl (C=O) groups excluding carboxylic acids is 2. The van der Waals surface area contributed by atoms with Crippen LogP contribution in [0.15, 0.2) is 65.6 Å². The Hall–Kier alpha value is -2.62. The number of hydrogen-bond acceptors (Lipinski definition) is 6. The Morgan fingerprint density at radius 3 is 2.61 bits per heavy atom. The second-order valence-electron chi connectivity index (χ2n) is 7.11. The Kier molecular flexibility index (Phi) is 7.53. The first-order valence-electron chi connectivity index (χ1n) is 9.58. The molecule has 0 bridgehead atoms. The molecule has 1 aliphatic rings. The summed E-state index contributed by atoms with van der Waals surface area (Å²) >= 11 is 1.48. The molecule has 164 valence electrons. The number of thioether (sulfide) groups is 1. The predicted octanol–water partition coefficient (Wildman–Crippen LogP) is 2.60. The van der Waals surface area contributed by atoms with Gasteiger partial charge in [-0.2, -0.15) is 0 Å². The number of esters is 1. The molecule has 9 heteroatoms. The van der Waals surface area contributed by atoms with Gasteiger partial charge in [0.15, 0.2) is 0 Å². The van der Waals surface area contributed by atoms with Crippen LogP contribution in [-0.2, 0) is 31.0 Å². The van der Waals surface area contributed by atoms with E-state index in [4.69, 9.17) is 4.74 Å². The Morgan fingerprint density at radius 1 is 1.16 bits per heavy atom. The van der Waals surface area contributed by atoms with Gasteiger partial charge in [0.2, 0.25) is 15.9 Å². The molecule has 31 heavy (non-hydrogen) atoms. The molecule has 1 amide bonds. The number of nitrogens with zero attached hydrogens (tertiary/aromatic N) is 2. The summed E-state index contributed by atoms with van der Waals surface area (Å²) in [7, 11) is -0.662. The average Bonchev–Trinajstić information content (AvgIpc) is 3.27. The van der Waals surface area contributed by atoms with Gasteiger partial charge in [-0.15, -0.1) is 11.8 Å². The van der Waals surface area contributed by atoms with E-state index in [0.29, 0.717) is 17.2 Å². The van der Waals surface area contributed by atoms with Gasteiger partial charge in [0, 0.05) is 25.9 Å². The molecule has 3 rings (SSSR count). The Balaban J connectivity index is 1.62. The van der Waals surface area contributed by atoms with Crippen LogP contribution in [0.25, 0.3) is 6.08 Å². The van der Waals surface area contributed by atoms with E-state index in [0.717, 1.165) is 9.87 Å². The van der Waals surface area contributed by atoms with Crippen molar-refractivity contribution in [3.63, 3.8) is 0 Å². The van der Waals surface area contributed by atoms with Crippen LogP contribution in [0.5, 0.6) is 0 Å². The maximum absolute atomic E-state index is 12.6. The van der Waals surface area contributed by atoms with Gasteiger partial charge in [0.05, 0.1) is 10.8 Å². The predicted molar refractivity (Wildman–Crippen MR) is 121 cm³/mol. The number of rotatable bonds is 7. The second-order valence-corrected chi connectivity index (χ2v) is 10.3. The first-order valence-corrected chi connectivity index (χ1v) is 12.2. The number of sulfonamides is 1. The number of amides is 1. The van der Waals surface area contributed by atoms with Crippen LogP contribution < -0.4 is 0 Å². The van der Waals surface area contributed by atoms with Crippen molar-refractivity contribution in [2.24, 2.45) is 0 Å². The number of carbonyl (C=O) groups is 2. The van der Waals surface area contributed by atoms with Gasteiger partial charge < -0.3 is 9.64 Å². The Labute approximate surface area is 186 Å². The molecule has 0 saturated carbocycles. The van der Waals surface area contributed by atoms with E-state index >= 15 is 0 Å². The molecule has 2 aromatic rings. The Morgan fingerprint density at radius 2 is 1.90 bits per heavy atom. The zero-order valence-corrected chi connectivity index (χ0v) is 18.9. The van der Waals surface area contributed by atoms with Crippen LogP contribution in [-0.4, -0.2) is 61.3 Å². The molecule has 0 aliphatic carbocycles. The fourth-order valence-electron chi connectivity index (χ4n) is 2.94. The van der Waals surface area contributed by atoms with Crippen LogP contribution >= 0.6 is 11.8 Å². The Bertz CT molecular complexity index is 1070. The summed E-state index contributed by atoms with van der Waals surface area (Å²) in [4.78, 5) is 26.8. The molecule has 0 aromatic heterocycles. The highest BCUT2D eigenvalue weighted by atomic mass is 32.2. The molecule has 7 nitrogen and oxygen atoms in total. The van der Waals surface area contributed by atoms with Crippen molar-refractivity contribution in [3.05, 3.63) is 71.8 Å². The van der Waals surface area contributed by atoms with E-state index < -0.39 is 22.0 Å². The van der Waals surface area contributed by atoms with Crippen molar-refractivity contribution in [1.82, 2.24) is 9.21 Å². The summed E-state index contributed by atoms with van der Waals surface area (Å²) in [5.74, 6) is 0.106. The second kappa shape index (κ2) is 10.1. The minimum atomic E-state index is -3.57. The summed E-state index contributed by atoms with van der Waals surface area (Å²) in [5, 5.41) is 0. The third-order valence-corrected chi connectivity index (χ3v) is 7.54. The van der Waals surface area contributed by atoms with Gasteiger partial charge in [-0.25, -0.2) is 17.5 Å². The fourth-order valence-corrected chi connectivity index (χ4v) is 5.06. The van der Waals surface area contributed by atoms with Crippen LogP contribution in [0.3, 0.4) is 0 Å². The van der Waals surface area contributed by atoms with Crippen molar-refractivity contribution >= 4 is 39.7 Å². The maximum Gasteiger partial charge on any atom is 0.330 e. The molecular formula is C22H24N2O5S2. The molecule has 0 radical (unpaired) electrons. The van der Waals surface area contributed by atoms with E-state index in [2.05, 4.69) is 0 Å². The minimum absolute atomic E-state index is 0.0708. The van der Waals surface area contributed by atoms with Gasteiger partial charge in [0.1, 0.15) is 12.6 Å². The zero-order chi connectivity index (χ0) is 22.4. The van der Waals surface area contributed by atoms with Crippen LogP contribution in [0, 0.1) is 0 Å². The zero-order valence-electron chi connectivity index (χ0n) is 17.3. The quantitative estimate of drug-likeness (QED) is 0.467. The topological polar surface area (TPSA) is 84.0 Å². The van der Waals surface area contributed by atoms with Crippen molar-refractivity contribution in [1.29, 1.82) is 0 Å². The standard InChI is InChI=1S/C22H24N2O5S2/c1-23(2)31(27,28)19-10-6-9-18(13-19)14-29-22(26)20-15-30-16-24(20)21(25)12-11-17-7-4-3-5-8-17/h3-13,20H,14-16H2,1-2H3/b12-11+. The highest BCUT2D eigenvalue weighted by Crippen LogP contribution is 2.23. The van der Waals surface area contributed by atoms with Gasteiger partial charge in [-0.1, -0.05) is 42.5 Å². The minimum Gasteiger partial charge on any atom is -0.459 e. The van der Waals surface area contributed by atoms with E-state index in [9.17, 15) is 18.0 Å². The maximum atomic E-state index is 12.6. The average molecular weight is 461 g/mol. The number of ether oxygens (including phenoxy) is 1. The lowest BCUT2D eigenvalue weighted by molar-refractivity contribution is -0.152. The molecule has 1 aliphatic heterocycles. The van der Waals surface area contributed by atoms with Crippen LogP contribution in [0.2, 0.25) is 0 Å². The lowest BCUT2D eigenvalue weighted by Gasteiger charge is -2.21. The van der Waals surface area contributed by atoms with Gasteiger partial charge in [-0.3, -0.25) is 4.79 Å². The first kappa shape index (κ1) is 23.1. The number of hydrogen-bond donors (Lipinski definition) is 0. The summed E-state index contributed by atoms with van der Waals surface area (Å²) < 4.78 is 31.1. The fraction of sp³-hybridized carbons (Fsp3) is 0.273. The third kappa shape index (κ3) is 5.75. The van der Waals surface area contributed by atoms with Gasteiger partial charge >= 0.3 is 5.97 Å². The van der Waals surface area contributed by atoms with E-state index in [1.54, 1.807) is 18.2 Å². The summed E-state index contributed by atoms with van der Waals surface area (Å²) in [6, 6.07) is 15.0. The highest BCUT2D eigenvalue weighted by molar-refractivity contribution is 7.99. The lowest BCUT2D eigenvalue weighted by Crippen LogP contribution is -2.42. The van der Waals surface area contributed by atoms with Crippen LogP contribution in [0.4, 0.5) is 0 Å². The van der Waals surface area contributed by atoms with Gasteiger partial charge in [-0.05, 0) is 29.3 Å². The SMILES string of the molecule is CN(C)S(=O)(=O)c1cccc(COC(=O)C2CSCN2C(=O)/C=C/c2ccccc2)c1. The molecule has 1 fully saturated rings. The summed E-state index contributed by atoms with van der Waals surface area (Å²) in [6.07, 6.45) is 3.17. The van der Waals surface area contributed by atoms with Crippen molar-refractivity contribution in [3.8, 4) is 0 Å². The molecule has 1 heterocycles. The van der Waals surface area contributed by atoms with E-state index in [-0.39, 0.29) is 17.4 Å². The third-order valence-electron chi connectivity index (χ3n) is 4.71. The highest BCUT2D eigenvalue weighted by Gasteiger charge is 2.35. The molecule has 0 spiro atoms. The molecule has 2 aromatic carbocycles. The largest absolute Gasteiger partial charge is 0.459 e.